The van der Waals surface area contributed by atoms with Crippen molar-refractivity contribution in [3.8, 4) is 0 Å². The summed E-state index contributed by atoms with van der Waals surface area (Å²) in [5.74, 6) is 0. The molecule has 0 bridgehead atoms. The second-order valence-corrected chi connectivity index (χ2v) is 4.30. The molecule has 3 nitrogen and oxygen atoms in total. The summed E-state index contributed by atoms with van der Waals surface area (Å²) in [6.07, 6.45) is 5.48. The summed E-state index contributed by atoms with van der Waals surface area (Å²) in [5.41, 5.74) is 5.77. The van der Waals surface area contributed by atoms with Crippen LogP contribution in [0, 0.1) is 0 Å². The molecule has 0 spiro atoms. The van der Waals surface area contributed by atoms with E-state index in [1.54, 1.807) is 0 Å². The zero-order chi connectivity index (χ0) is 9.10. The fraction of sp³-hybridized carbons (Fsp3) is 1.00. The average Bonchev–Trinajstić information content (AvgIpc) is 2.62. The van der Waals surface area contributed by atoms with Crippen LogP contribution in [0.5, 0.6) is 0 Å². The third-order valence-electron chi connectivity index (χ3n) is 3.07. The second-order valence-electron chi connectivity index (χ2n) is 4.30. The first kappa shape index (κ1) is 9.44. The zero-order valence-electron chi connectivity index (χ0n) is 8.24. The lowest BCUT2D eigenvalue weighted by Gasteiger charge is -2.29. The van der Waals surface area contributed by atoms with Gasteiger partial charge in [0.1, 0.15) is 0 Å². The smallest absolute Gasteiger partial charge is 0.0703 e. The Morgan fingerprint density at radius 3 is 2.62 bits per heavy atom. The van der Waals surface area contributed by atoms with Gasteiger partial charge in [-0.3, -0.25) is 0 Å². The van der Waals surface area contributed by atoms with E-state index in [9.17, 15) is 0 Å². The summed E-state index contributed by atoms with van der Waals surface area (Å²) in [5, 5.41) is 0. The Morgan fingerprint density at radius 1 is 1.23 bits per heavy atom. The van der Waals surface area contributed by atoms with E-state index in [1.165, 1.54) is 25.9 Å². The van der Waals surface area contributed by atoms with Gasteiger partial charge in [-0.2, -0.15) is 0 Å². The van der Waals surface area contributed by atoms with E-state index in [0.29, 0.717) is 6.10 Å². The maximum Gasteiger partial charge on any atom is 0.0703 e. The lowest BCUT2D eigenvalue weighted by Crippen LogP contribution is -2.40. The van der Waals surface area contributed by atoms with E-state index in [1.807, 2.05) is 0 Å². The van der Waals surface area contributed by atoms with Gasteiger partial charge in [0.15, 0.2) is 0 Å². The lowest BCUT2D eigenvalue weighted by atomic mass is 10.1. The number of nitrogens with zero attached hydrogens (tertiary/aromatic N) is 1. The number of likely N-dealkylation sites (tertiary alicyclic amines) is 1. The van der Waals surface area contributed by atoms with Crippen molar-refractivity contribution < 1.29 is 4.74 Å². The van der Waals surface area contributed by atoms with Crippen LogP contribution in [-0.4, -0.2) is 43.3 Å². The Balaban J connectivity index is 1.69. The second kappa shape index (κ2) is 4.40. The van der Waals surface area contributed by atoms with Crippen molar-refractivity contribution >= 4 is 0 Å². The van der Waals surface area contributed by atoms with Crippen LogP contribution < -0.4 is 5.73 Å². The highest BCUT2D eigenvalue weighted by Crippen LogP contribution is 2.16. The summed E-state index contributed by atoms with van der Waals surface area (Å²) >= 11 is 0. The summed E-state index contributed by atoms with van der Waals surface area (Å²) in [6, 6.07) is 0.287. The monoisotopic (exact) mass is 184 g/mol. The van der Waals surface area contributed by atoms with Gasteiger partial charge >= 0.3 is 0 Å². The standard InChI is InChI=1S/C10H20N2O/c11-9-3-4-10(13-8-9)7-12-5-1-2-6-12/h9-10H,1-8,11H2. The largest absolute Gasteiger partial charge is 0.375 e. The van der Waals surface area contributed by atoms with Gasteiger partial charge < -0.3 is 15.4 Å². The molecule has 0 aromatic carbocycles. The van der Waals surface area contributed by atoms with Crippen molar-refractivity contribution in [1.82, 2.24) is 4.90 Å². The lowest BCUT2D eigenvalue weighted by molar-refractivity contribution is -0.0110. The SMILES string of the molecule is NC1CCC(CN2CCCC2)OC1. The van der Waals surface area contributed by atoms with E-state index in [0.717, 1.165) is 26.0 Å². The minimum atomic E-state index is 0.287. The number of nitrogens with two attached hydrogens (primary N) is 1. The molecule has 13 heavy (non-hydrogen) atoms. The first-order valence-corrected chi connectivity index (χ1v) is 5.44. The minimum Gasteiger partial charge on any atom is -0.375 e. The molecule has 0 saturated carbocycles. The molecular formula is C10H20N2O. The first-order valence-electron chi connectivity index (χ1n) is 5.44. The van der Waals surface area contributed by atoms with Crippen molar-refractivity contribution in [3.05, 3.63) is 0 Å². The normalized spacial score (nSPS) is 36.7. The topological polar surface area (TPSA) is 38.5 Å². The molecule has 3 heteroatoms. The van der Waals surface area contributed by atoms with Crippen LogP contribution >= 0.6 is 0 Å². The highest BCUT2D eigenvalue weighted by Gasteiger charge is 2.22. The van der Waals surface area contributed by atoms with Crippen LogP contribution in [0.1, 0.15) is 25.7 Å². The Kier molecular flexibility index (Phi) is 3.19. The van der Waals surface area contributed by atoms with Gasteiger partial charge in [-0.15, -0.1) is 0 Å². The molecule has 2 heterocycles. The van der Waals surface area contributed by atoms with Crippen LogP contribution in [-0.2, 0) is 4.74 Å². The van der Waals surface area contributed by atoms with Crippen molar-refractivity contribution in [2.24, 2.45) is 5.73 Å². The van der Waals surface area contributed by atoms with Crippen molar-refractivity contribution in [3.63, 3.8) is 0 Å². The third kappa shape index (κ3) is 2.66. The Bertz CT molecular complexity index is 149. The van der Waals surface area contributed by atoms with Crippen molar-refractivity contribution in [1.29, 1.82) is 0 Å². The summed E-state index contributed by atoms with van der Waals surface area (Å²) in [6.45, 7) is 4.43. The van der Waals surface area contributed by atoms with E-state index in [2.05, 4.69) is 4.90 Å². The van der Waals surface area contributed by atoms with Gasteiger partial charge in [-0.25, -0.2) is 0 Å². The summed E-state index contributed by atoms with van der Waals surface area (Å²) in [4.78, 5) is 2.52. The average molecular weight is 184 g/mol. The molecule has 76 valence electrons. The molecule has 2 N–H and O–H groups in total. The highest BCUT2D eigenvalue weighted by molar-refractivity contribution is 4.76. The Morgan fingerprint density at radius 2 is 2.00 bits per heavy atom. The van der Waals surface area contributed by atoms with Crippen LogP contribution in [0.15, 0.2) is 0 Å². The van der Waals surface area contributed by atoms with Gasteiger partial charge in [-0.05, 0) is 38.8 Å². The Hall–Kier alpha value is -0.120. The molecular weight excluding hydrogens is 164 g/mol. The van der Waals surface area contributed by atoms with E-state index in [-0.39, 0.29) is 6.04 Å². The molecule has 0 aromatic rings. The fourth-order valence-electron chi connectivity index (χ4n) is 2.22. The predicted octanol–water partition coefficient (Wildman–Crippen LogP) is 0.588. The molecule has 0 amide bonds. The van der Waals surface area contributed by atoms with Gasteiger partial charge in [0, 0.05) is 12.6 Å². The molecule has 0 aromatic heterocycles. The van der Waals surface area contributed by atoms with Gasteiger partial charge in [0.05, 0.1) is 12.7 Å². The maximum atomic E-state index is 5.77. The number of rotatable bonds is 2. The first-order chi connectivity index (χ1) is 6.34. The van der Waals surface area contributed by atoms with Crippen LogP contribution in [0.25, 0.3) is 0 Å². The number of ether oxygens (including phenoxy) is 1. The Labute approximate surface area is 80.2 Å². The molecule has 2 aliphatic heterocycles. The summed E-state index contributed by atoms with van der Waals surface area (Å²) in [7, 11) is 0. The zero-order valence-corrected chi connectivity index (χ0v) is 8.24. The van der Waals surface area contributed by atoms with Crippen LogP contribution in [0.2, 0.25) is 0 Å². The van der Waals surface area contributed by atoms with E-state index in [4.69, 9.17) is 10.5 Å². The molecule has 2 fully saturated rings. The molecule has 0 radical (unpaired) electrons. The van der Waals surface area contributed by atoms with Gasteiger partial charge in [0.25, 0.3) is 0 Å². The maximum absolute atomic E-state index is 5.77. The van der Waals surface area contributed by atoms with Crippen LogP contribution in [0.3, 0.4) is 0 Å². The quantitative estimate of drug-likeness (QED) is 0.682. The highest BCUT2D eigenvalue weighted by atomic mass is 16.5. The third-order valence-corrected chi connectivity index (χ3v) is 3.07. The molecule has 2 rings (SSSR count). The molecule has 2 unspecified atom stereocenters. The number of hydrogen-bond acceptors (Lipinski definition) is 3. The molecule has 2 aliphatic rings. The number of hydrogen-bond donors (Lipinski definition) is 1. The van der Waals surface area contributed by atoms with Crippen LogP contribution in [0.4, 0.5) is 0 Å². The summed E-state index contributed by atoms with van der Waals surface area (Å²) < 4.78 is 5.69. The van der Waals surface area contributed by atoms with Gasteiger partial charge in [-0.1, -0.05) is 0 Å². The minimum absolute atomic E-state index is 0.287. The fourth-order valence-corrected chi connectivity index (χ4v) is 2.22. The van der Waals surface area contributed by atoms with Crippen molar-refractivity contribution in [2.45, 2.75) is 37.8 Å². The van der Waals surface area contributed by atoms with E-state index < -0.39 is 0 Å². The van der Waals surface area contributed by atoms with Crippen molar-refractivity contribution in [2.75, 3.05) is 26.2 Å². The molecule has 2 saturated heterocycles. The molecule has 2 atom stereocenters. The molecule has 0 aliphatic carbocycles. The van der Waals surface area contributed by atoms with E-state index >= 15 is 0 Å². The van der Waals surface area contributed by atoms with Gasteiger partial charge in [0.2, 0.25) is 0 Å². The predicted molar refractivity (Wildman–Crippen MR) is 52.6 cm³/mol.